The van der Waals surface area contributed by atoms with E-state index in [0.29, 0.717) is 22.4 Å². The zero-order valence-corrected chi connectivity index (χ0v) is 13.7. The van der Waals surface area contributed by atoms with Gasteiger partial charge in [-0.25, -0.2) is 0 Å². The van der Waals surface area contributed by atoms with Crippen LogP contribution >= 0.6 is 23.2 Å². The van der Waals surface area contributed by atoms with E-state index in [9.17, 15) is 0 Å². The van der Waals surface area contributed by atoms with E-state index in [1.54, 1.807) is 0 Å². The molecule has 4 heteroatoms. The molecule has 0 aliphatic heterocycles. The molecule has 0 aliphatic carbocycles. The Labute approximate surface area is 135 Å². The van der Waals surface area contributed by atoms with Crippen molar-refractivity contribution in [3.63, 3.8) is 0 Å². The van der Waals surface area contributed by atoms with E-state index in [-0.39, 0.29) is 6.04 Å². The smallest absolute Gasteiger partial charge is 0.141 e. The van der Waals surface area contributed by atoms with Gasteiger partial charge >= 0.3 is 0 Å². The van der Waals surface area contributed by atoms with Gasteiger partial charge in [0, 0.05) is 16.6 Å². The maximum absolute atomic E-state index is 6.25. The molecule has 0 saturated carbocycles. The van der Waals surface area contributed by atoms with Gasteiger partial charge in [-0.05, 0) is 43.5 Å². The fraction of sp³-hybridized carbons (Fsp3) is 0.294. The van der Waals surface area contributed by atoms with Crippen molar-refractivity contribution in [2.45, 2.75) is 32.9 Å². The molecule has 0 amide bonds. The van der Waals surface area contributed by atoms with Gasteiger partial charge in [0.25, 0.3) is 0 Å². The summed E-state index contributed by atoms with van der Waals surface area (Å²) in [5, 5.41) is 1.30. The summed E-state index contributed by atoms with van der Waals surface area (Å²) in [6.45, 7) is 4.35. The molecular formula is C17H19Cl2NO. The summed E-state index contributed by atoms with van der Waals surface area (Å²) in [5.74, 6) is 0.688. The van der Waals surface area contributed by atoms with Crippen LogP contribution in [0.1, 0.15) is 23.6 Å². The van der Waals surface area contributed by atoms with Crippen molar-refractivity contribution in [2.75, 3.05) is 0 Å². The maximum atomic E-state index is 6.25. The first kappa shape index (κ1) is 16.2. The normalized spacial score (nSPS) is 12.2. The zero-order chi connectivity index (χ0) is 15.4. The predicted molar refractivity (Wildman–Crippen MR) is 89.3 cm³/mol. The largest absolute Gasteiger partial charge is 0.487 e. The van der Waals surface area contributed by atoms with E-state index < -0.39 is 0 Å². The van der Waals surface area contributed by atoms with Gasteiger partial charge in [0.15, 0.2) is 0 Å². The van der Waals surface area contributed by atoms with E-state index >= 15 is 0 Å². The first-order valence-corrected chi connectivity index (χ1v) is 7.63. The minimum Gasteiger partial charge on any atom is -0.487 e. The molecule has 2 N–H and O–H groups in total. The molecule has 1 unspecified atom stereocenters. The van der Waals surface area contributed by atoms with Crippen LogP contribution in [0.3, 0.4) is 0 Å². The van der Waals surface area contributed by atoms with Crippen LogP contribution in [0.5, 0.6) is 5.75 Å². The third-order valence-corrected chi connectivity index (χ3v) is 3.82. The Balaban J connectivity index is 2.19. The lowest BCUT2D eigenvalue weighted by atomic mass is 10.1. The third kappa shape index (κ3) is 4.37. The molecule has 2 aromatic carbocycles. The quantitative estimate of drug-likeness (QED) is 0.860. The molecule has 1 atom stereocenters. The lowest BCUT2D eigenvalue weighted by Gasteiger charge is -2.15. The number of benzene rings is 2. The number of ether oxygens (including phenoxy) is 1. The van der Waals surface area contributed by atoms with Gasteiger partial charge < -0.3 is 10.5 Å². The average molecular weight is 324 g/mol. The Morgan fingerprint density at radius 1 is 1.10 bits per heavy atom. The molecule has 0 aliphatic rings. The van der Waals surface area contributed by atoms with E-state index in [1.807, 2.05) is 50.2 Å². The summed E-state index contributed by atoms with van der Waals surface area (Å²) in [6, 6.07) is 11.7. The van der Waals surface area contributed by atoms with Gasteiger partial charge in [0.2, 0.25) is 0 Å². The van der Waals surface area contributed by atoms with Gasteiger partial charge in [-0.1, -0.05) is 47.5 Å². The second-order valence-corrected chi connectivity index (χ2v) is 6.11. The SMILES string of the molecule is Cc1ccc(COc2c(Cl)cccc2CC(C)N)c(Cl)c1. The minimum absolute atomic E-state index is 0.0498. The van der Waals surface area contributed by atoms with Gasteiger partial charge in [0.1, 0.15) is 12.4 Å². The van der Waals surface area contributed by atoms with Crippen LogP contribution in [-0.2, 0) is 13.0 Å². The zero-order valence-electron chi connectivity index (χ0n) is 12.2. The topological polar surface area (TPSA) is 35.2 Å². The maximum Gasteiger partial charge on any atom is 0.141 e. The molecule has 2 aromatic rings. The third-order valence-electron chi connectivity index (χ3n) is 3.17. The van der Waals surface area contributed by atoms with Gasteiger partial charge in [0.05, 0.1) is 5.02 Å². The number of aryl methyl sites for hydroxylation is 1. The number of nitrogens with two attached hydrogens (primary N) is 1. The summed E-state index contributed by atoms with van der Waals surface area (Å²) in [5.41, 5.74) is 8.95. The highest BCUT2D eigenvalue weighted by molar-refractivity contribution is 6.32. The molecule has 0 bridgehead atoms. The minimum atomic E-state index is 0.0498. The molecule has 112 valence electrons. The van der Waals surface area contributed by atoms with Crippen molar-refractivity contribution in [1.29, 1.82) is 0 Å². The summed E-state index contributed by atoms with van der Waals surface area (Å²) in [7, 11) is 0. The van der Waals surface area contributed by atoms with Crippen molar-refractivity contribution in [1.82, 2.24) is 0 Å². The molecule has 2 rings (SSSR count). The highest BCUT2D eigenvalue weighted by Gasteiger charge is 2.11. The number of hydrogen-bond donors (Lipinski definition) is 1. The lowest BCUT2D eigenvalue weighted by Crippen LogP contribution is -2.18. The first-order valence-electron chi connectivity index (χ1n) is 6.88. The molecule has 0 fully saturated rings. The van der Waals surface area contributed by atoms with Crippen molar-refractivity contribution in [3.8, 4) is 5.75 Å². The van der Waals surface area contributed by atoms with Crippen LogP contribution in [0.15, 0.2) is 36.4 Å². The van der Waals surface area contributed by atoms with Crippen LogP contribution in [0.25, 0.3) is 0 Å². The molecule has 0 aromatic heterocycles. The molecule has 0 radical (unpaired) electrons. The Hall–Kier alpha value is -1.22. The monoisotopic (exact) mass is 323 g/mol. The van der Waals surface area contributed by atoms with Crippen LogP contribution in [0.4, 0.5) is 0 Å². The van der Waals surface area contributed by atoms with Crippen LogP contribution in [0, 0.1) is 6.92 Å². The molecule has 0 heterocycles. The van der Waals surface area contributed by atoms with Crippen LogP contribution < -0.4 is 10.5 Å². The molecule has 0 spiro atoms. The van der Waals surface area contributed by atoms with Gasteiger partial charge in [-0.3, -0.25) is 0 Å². The average Bonchev–Trinajstić information content (AvgIpc) is 2.39. The van der Waals surface area contributed by atoms with Gasteiger partial charge in [-0.15, -0.1) is 0 Å². The van der Waals surface area contributed by atoms with Crippen molar-refractivity contribution < 1.29 is 4.74 Å². The molecule has 0 saturated heterocycles. The summed E-state index contributed by atoms with van der Waals surface area (Å²) in [4.78, 5) is 0. The second kappa shape index (κ2) is 7.17. The van der Waals surface area contributed by atoms with Crippen LogP contribution in [-0.4, -0.2) is 6.04 Å². The fourth-order valence-corrected chi connectivity index (χ4v) is 2.68. The molecule has 21 heavy (non-hydrogen) atoms. The molecular weight excluding hydrogens is 305 g/mol. The van der Waals surface area contributed by atoms with Crippen molar-refractivity contribution >= 4 is 23.2 Å². The van der Waals surface area contributed by atoms with E-state index in [1.165, 1.54) is 0 Å². The molecule has 2 nitrogen and oxygen atoms in total. The van der Waals surface area contributed by atoms with E-state index in [4.69, 9.17) is 33.7 Å². The Morgan fingerprint density at radius 3 is 2.52 bits per heavy atom. The standard InChI is InChI=1S/C17H19Cl2NO/c1-11-6-7-14(16(19)8-11)10-21-17-13(9-12(2)20)4-3-5-15(17)18/h3-8,12H,9-10,20H2,1-2H3. The number of halogens is 2. The van der Waals surface area contributed by atoms with E-state index in [2.05, 4.69) is 0 Å². The summed E-state index contributed by atoms with van der Waals surface area (Å²) >= 11 is 12.5. The number of rotatable bonds is 5. The van der Waals surface area contributed by atoms with Gasteiger partial charge in [-0.2, -0.15) is 0 Å². The summed E-state index contributed by atoms with van der Waals surface area (Å²) < 4.78 is 5.90. The van der Waals surface area contributed by atoms with Crippen LogP contribution in [0.2, 0.25) is 10.0 Å². The van der Waals surface area contributed by atoms with E-state index in [0.717, 1.165) is 23.1 Å². The Morgan fingerprint density at radius 2 is 1.86 bits per heavy atom. The number of para-hydroxylation sites is 1. The number of hydrogen-bond acceptors (Lipinski definition) is 2. The predicted octanol–water partition coefficient (Wildman–Crippen LogP) is 4.77. The Kier molecular flexibility index (Phi) is 5.51. The fourth-order valence-electron chi connectivity index (χ4n) is 2.14. The second-order valence-electron chi connectivity index (χ2n) is 5.29. The Bertz CT molecular complexity index is 626. The first-order chi connectivity index (χ1) is 9.97. The van der Waals surface area contributed by atoms with Crippen molar-refractivity contribution in [2.24, 2.45) is 5.73 Å². The lowest BCUT2D eigenvalue weighted by molar-refractivity contribution is 0.302. The highest BCUT2D eigenvalue weighted by Crippen LogP contribution is 2.31. The highest BCUT2D eigenvalue weighted by atomic mass is 35.5. The summed E-state index contributed by atoms with van der Waals surface area (Å²) in [6.07, 6.45) is 0.720. The van der Waals surface area contributed by atoms with Crippen molar-refractivity contribution in [3.05, 3.63) is 63.1 Å².